The van der Waals surface area contributed by atoms with Crippen molar-refractivity contribution in [2.45, 2.75) is 51.2 Å². The van der Waals surface area contributed by atoms with Crippen LogP contribution in [0.25, 0.3) is 0 Å². The number of amides is 2. The van der Waals surface area contributed by atoms with Gasteiger partial charge in [-0.3, -0.25) is 9.59 Å². The van der Waals surface area contributed by atoms with Crippen LogP contribution in [0.2, 0.25) is 0 Å². The molecule has 2 amide bonds. The van der Waals surface area contributed by atoms with Crippen LogP contribution in [0.3, 0.4) is 0 Å². The number of aliphatic hydroxyl groups is 1. The standard InChI is InChI=1S/C20H28N2O3/c1-14(18(23)15-6-3-2-4-7-15)21-19(24)16-10-12-22(13-11-16)20(25)17-8-5-9-17/h2-4,6-7,14,16-18,23H,5,8-13H2,1H3,(H,21,24)/t14-,18-/m0/s1. The minimum Gasteiger partial charge on any atom is -0.386 e. The predicted octanol–water partition coefficient (Wildman–Crippen LogP) is 2.26. The Hall–Kier alpha value is -1.88. The smallest absolute Gasteiger partial charge is 0.225 e. The lowest BCUT2D eigenvalue weighted by Gasteiger charge is -2.36. The molecule has 2 fully saturated rings. The Kier molecular flexibility index (Phi) is 5.74. The van der Waals surface area contributed by atoms with Crippen molar-refractivity contribution in [3.8, 4) is 0 Å². The zero-order chi connectivity index (χ0) is 17.8. The van der Waals surface area contributed by atoms with E-state index in [2.05, 4.69) is 5.32 Å². The monoisotopic (exact) mass is 344 g/mol. The molecule has 25 heavy (non-hydrogen) atoms. The summed E-state index contributed by atoms with van der Waals surface area (Å²) in [4.78, 5) is 26.7. The molecule has 3 rings (SSSR count). The molecule has 0 aromatic heterocycles. The van der Waals surface area contributed by atoms with Gasteiger partial charge in [0.2, 0.25) is 11.8 Å². The first-order valence-electron chi connectivity index (χ1n) is 9.38. The van der Waals surface area contributed by atoms with Gasteiger partial charge in [0.15, 0.2) is 0 Å². The van der Waals surface area contributed by atoms with E-state index in [4.69, 9.17) is 0 Å². The van der Waals surface area contributed by atoms with Gasteiger partial charge in [-0.1, -0.05) is 36.8 Å². The number of rotatable bonds is 5. The van der Waals surface area contributed by atoms with Crippen LogP contribution in [0.1, 0.15) is 50.7 Å². The lowest BCUT2D eigenvalue weighted by atomic mass is 9.83. The average Bonchev–Trinajstić information content (AvgIpc) is 2.60. The van der Waals surface area contributed by atoms with E-state index in [1.54, 1.807) is 0 Å². The summed E-state index contributed by atoms with van der Waals surface area (Å²) in [6.07, 6.45) is 3.90. The molecule has 1 aliphatic carbocycles. The molecule has 136 valence electrons. The maximum atomic E-state index is 12.5. The Morgan fingerprint density at radius 3 is 2.28 bits per heavy atom. The van der Waals surface area contributed by atoms with E-state index in [-0.39, 0.29) is 29.7 Å². The number of hydrogen-bond acceptors (Lipinski definition) is 3. The topological polar surface area (TPSA) is 69.6 Å². The molecule has 0 unspecified atom stereocenters. The van der Waals surface area contributed by atoms with Crippen LogP contribution >= 0.6 is 0 Å². The van der Waals surface area contributed by atoms with Crippen LogP contribution in [-0.2, 0) is 9.59 Å². The molecule has 5 heteroatoms. The maximum Gasteiger partial charge on any atom is 0.225 e. The van der Waals surface area contributed by atoms with Gasteiger partial charge in [0.1, 0.15) is 0 Å². The Bertz CT molecular complexity index is 592. The van der Waals surface area contributed by atoms with Gasteiger partial charge < -0.3 is 15.3 Å². The number of benzene rings is 1. The van der Waals surface area contributed by atoms with E-state index in [1.165, 1.54) is 0 Å². The number of carbonyl (C=O) groups is 2. The number of nitrogens with one attached hydrogen (secondary N) is 1. The summed E-state index contributed by atoms with van der Waals surface area (Å²) < 4.78 is 0. The van der Waals surface area contributed by atoms with Crippen molar-refractivity contribution < 1.29 is 14.7 Å². The molecule has 1 aromatic rings. The summed E-state index contributed by atoms with van der Waals surface area (Å²) in [5, 5.41) is 13.3. The lowest BCUT2D eigenvalue weighted by molar-refractivity contribution is -0.141. The fourth-order valence-electron chi connectivity index (χ4n) is 3.64. The van der Waals surface area contributed by atoms with Gasteiger partial charge in [-0.2, -0.15) is 0 Å². The van der Waals surface area contributed by atoms with Gasteiger partial charge in [0, 0.05) is 24.9 Å². The SMILES string of the molecule is C[C@H](NC(=O)C1CCN(C(=O)C2CCC2)CC1)[C@H](O)c1ccccc1. The summed E-state index contributed by atoms with van der Waals surface area (Å²) in [5.41, 5.74) is 0.802. The molecular formula is C20H28N2O3. The molecule has 0 bridgehead atoms. The molecule has 2 N–H and O–H groups in total. The first kappa shape index (κ1) is 17.9. The van der Waals surface area contributed by atoms with Crippen molar-refractivity contribution in [2.75, 3.05) is 13.1 Å². The molecule has 1 saturated heterocycles. The van der Waals surface area contributed by atoms with Crippen molar-refractivity contribution in [1.82, 2.24) is 10.2 Å². The van der Waals surface area contributed by atoms with Crippen LogP contribution in [-0.4, -0.2) is 41.0 Å². The van der Waals surface area contributed by atoms with E-state index in [0.717, 1.165) is 24.8 Å². The second-order valence-electron chi connectivity index (χ2n) is 7.38. The summed E-state index contributed by atoms with van der Waals surface area (Å²) in [6, 6.07) is 9.03. The van der Waals surface area contributed by atoms with Gasteiger partial charge in [-0.15, -0.1) is 0 Å². The van der Waals surface area contributed by atoms with Crippen molar-refractivity contribution in [2.24, 2.45) is 11.8 Å². The van der Waals surface area contributed by atoms with Gasteiger partial charge in [-0.05, 0) is 38.2 Å². The summed E-state index contributed by atoms with van der Waals surface area (Å²) in [7, 11) is 0. The first-order valence-corrected chi connectivity index (χ1v) is 9.38. The first-order chi connectivity index (χ1) is 12.1. The number of carbonyl (C=O) groups excluding carboxylic acids is 2. The minimum atomic E-state index is -0.717. The Balaban J connectivity index is 1.46. The molecular weight excluding hydrogens is 316 g/mol. The highest BCUT2D eigenvalue weighted by molar-refractivity contribution is 5.81. The molecule has 5 nitrogen and oxygen atoms in total. The number of likely N-dealkylation sites (tertiary alicyclic amines) is 1. The molecule has 1 aromatic carbocycles. The second-order valence-corrected chi connectivity index (χ2v) is 7.38. The van der Waals surface area contributed by atoms with Crippen LogP contribution < -0.4 is 5.32 Å². The number of piperidine rings is 1. The van der Waals surface area contributed by atoms with E-state index in [9.17, 15) is 14.7 Å². The zero-order valence-corrected chi connectivity index (χ0v) is 14.9. The highest BCUT2D eigenvalue weighted by Crippen LogP contribution is 2.30. The summed E-state index contributed by atoms with van der Waals surface area (Å²) in [5.74, 6) is 0.415. The molecule has 1 heterocycles. The van der Waals surface area contributed by atoms with Crippen LogP contribution in [0, 0.1) is 11.8 Å². The summed E-state index contributed by atoms with van der Waals surface area (Å²) in [6.45, 7) is 3.16. The third-order valence-electron chi connectivity index (χ3n) is 5.62. The maximum absolute atomic E-state index is 12.5. The molecule has 2 atom stereocenters. The molecule has 0 radical (unpaired) electrons. The van der Waals surface area contributed by atoms with Crippen molar-refractivity contribution in [3.05, 3.63) is 35.9 Å². The third-order valence-corrected chi connectivity index (χ3v) is 5.62. The van der Waals surface area contributed by atoms with Gasteiger partial charge in [0.25, 0.3) is 0 Å². The van der Waals surface area contributed by atoms with E-state index >= 15 is 0 Å². The largest absolute Gasteiger partial charge is 0.386 e. The number of hydrogen-bond donors (Lipinski definition) is 2. The fourth-order valence-corrected chi connectivity index (χ4v) is 3.64. The van der Waals surface area contributed by atoms with Crippen molar-refractivity contribution in [3.63, 3.8) is 0 Å². The third kappa shape index (κ3) is 4.21. The van der Waals surface area contributed by atoms with Crippen molar-refractivity contribution >= 4 is 11.8 Å². The summed E-state index contributed by atoms with van der Waals surface area (Å²) >= 11 is 0. The Morgan fingerprint density at radius 1 is 1.08 bits per heavy atom. The molecule has 1 aliphatic heterocycles. The molecule has 1 saturated carbocycles. The molecule has 2 aliphatic rings. The van der Waals surface area contributed by atoms with Crippen LogP contribution in [0.15, 0.2) is 30.3 Å². The van der Waals surface area contributed by atoms with E-state index in [0.29, 0.717) is 25.9 Å². The van der Waals surface area contributed by atoms with Gasteiger partial charge in [-0.25, -0.2) is 0 Å². The van der Waals surface area contributed by atoms with Gasteiger partial charge in [0.05, 0.1) is 12.1 Å². The fraction of sp³-hybridized carbons (Fsp3) is 0.600. The highest BCUT2D eigenvalue weighted by Gasteiger charge is 2.33. The van der Waals surface area contributed by atoms with Crippen LogP contribution in [0.4, 0.5) is 0 Å². The highest BCUT2D eigenvalue weighted by atomic mass is 16.3. The quantitative estimate of drug-likeness (QED) is 0.861. The Morgan fingerprint density at radius 2 is 1.72 bits per heavy atom. The average molecular weight is 344 g/mol. The predicted molar refractivity (Wildman–Crippen MR) is 95.7 cm³/mol. The number of aliphatic hydroxyl groups excluding tert-OH is 1. The van der Waals surface area contributed by atoms with Crippen molar-refractivity contribution in [1.29, 1.82) is 0 Å². The normalized spacial score (nSPS) is 21.3. The second kappa shape index (κ2) is 8.00. The minimum absolute atomic E-state index is 0.0155. The zero-order valence-electron chi connectivity index (χ0n) is 14.9. The number of nitrogens with zero attached hydrogens (tertiary/aromatic N) is 1. The van der Waals surface area contributed by atoms with E-state index < -0.39 is 6.10 Å². The van der Waals surface area contributed by atoms with Gasteiger partial charge >= 0.3 is 0 Å². The Labute approximate surface area is 149 Å². The lowest BCUT2D eigenvalue weighted by Crippen LogP contribution is -2.47. The van der Waals surface area contributed by atoms with E-state index in [1.807, 2.05) is 42.2 Å². The molecule has 0 spiro atoms. The van der Waals surface area contributed by atoms with Crippen LogP contribution in [0.5, 0.6) is 0 Å².